The molecule has 0 bridgehead atoms. The van der Waals surface area contributed by atoms with Crippen LogP contribution in [0.3, 0.4) is 0 Å². The third-order valence-electron chi connectivity index (χ3n) is 2.37. The van der Waals surface area contributed by atoms with E-state index in [1.165, 1.54) is 0 Å². The Hall–Kier alpha value is -0.110. The van der Waals surface area contributed by atoms with E-state index in [4.69, 9.17) is 4.74 Å². The van der Waals surface area contributed by atoms with Gasteiger partial charge in [0.15, 0.2) is 0 Å². The van der Waals surface area contributed by atoms with Gasteiger partial charge in [0, 0.05) is 27.1 Å². The molecule has 0 aromatic heterocycles. The normalized spacial score (nSPS) is 12.1. The molecule has 4 nitrogen and oxygen atoms in total. The van der Waals surface area contributed by atoms with Gasteiger partial charge < -0.3 is 15.4 Å². The highest BCUT2D eigenvalue weighted by molar-refractivity contribution is 9.11. The molecule has 106 valence electrons. The molecule has 1 unspecified atom stereocenters. The van der Waals surface area contributed by atoms with Crippen molar-refractivity contribution in [2.24, 2.45) is 0 Å². The Balaban J connectivity index is 2.66. The summed E-state index contributed by atoms with van der Waals surface area (Å²) in [6.07, 6.45) is 0. The molecule has 1 rings (SSSR count). The fourth-order valence-corrected chi connectivity index (χ4v) is 3.88. The van der Waals surface area contributed by atoms with E-state index in [1.807, 2.05) is 19.1 Å². The van der Waals surface area contributed by atoms with E-state index in [1.54, 1.807) is 7.11 Å². The molecule has 0 aliphatic rings. The summed E-state index contributed by atoms with van der Waals surface area (Å²) in [5.74, 6) is -0.0706. The zero-order chi connectivity index (χ0) is 14.4. The highest BCUT2D eigenvalue weighted by Crippen LogP contribution is 2.34. The highest BCUT2D eigenvalue weighted by atomic mass is 79.9. The van der Waals surface area contributed by atoms with Crippen molar-refractivity contribution < 1.29 is 9.53 Å². The minimum absolute atomic E-state index is 0.0706. The van der Waals surface area contributed by atoms with Crippen molar-refractivity contribution in [2.75, 3.05) is 25.6 Å². The number of nitrogens with one attached hydrogen (secondary N) is 2. The van der Waals surface area contributed by atoms with E-state index in [0.29, 0.717) is 13.2 Å². The Morgan fingerprint density at radius 1 is 1.32 bits per heavy atom. The number of hydrogen-bond acceptors (Lipinski definition) is 3. The molecule has 2 N–H and O–H groups in total. The van der Waals surface area contributed by atoms with Crippen molar-refractivity contribution in [2.45, 2.75) is 13.0 Å². The van der Waals surface area contributed by atoms with Gasteiger partial charge in [-0.15, -0.1) is 0 Å². The van der Waals surface area contributed by atoms with Gasteiger partial charge in [-0.1, -0.05) is 15.9 Å². The molecule has 19 heavy (non-hydrogen) atoms. The predicted molar refractivity (Wildman–Crippen MR) is 87.5 cm³/mol. The van der Waals surface area contributed by atoms with Crippen molar-refractivity contribution in [3.8, 4) is 0 Å². The largest absolute Gasteiger partial charge is 0.383 e. The van der Waals surface area contributed by atoms with E-state index < -0.39 is 0 Å². The van der Waals surface area contributed by atoms with Crippen molar-refractivity contribution in [1.82, 2.24) is 5.32 Å². The molecule has 0 aliphatic heterocycles. The summed E-state index contributed by atoms with van der Waals surface area (Å²) in [6, 6.07) is 3.50. The Bertz CT molecular complexity index is 432. The van der Waals surface area contributed by atoms with E-state index in [9.17, 15) is 4.79 Å². The molecule has 1 aromatic carbocycles. The molecule has 1 aromatic rings. The number of amides is 1. The van der Waals surface area contributed by atoms with Gasteiger partial charge in [0.05, 0.1) is 12.3 Å². The SMILES string of the molecule is COCCNC(=O)C(C)Nc1c(Br)cc(Br)cc1Br. The second kappa shape index (κ2) is 8.24. The van der Waals surface area contributed by atoms with E-state index in [0.717, 1.165) is 19.1 Å². The number of rotatable bonds is 6. The first-order valence-corrected chi connectivity index (χ1v) is 8.01. The fraction of sp³-hybridized carbons (Fsp3) is 0.417. The lowest BCUT2D eigenvalue weighted by molar-refractivity contribution is -0.121. The smallest absolute Gasteiger partial charge is 0.242 e. The maximum atomic E-state index is 11.8. The van der Waals surface area contributed by atoms with Crippen LogP contribution in [-0.2, 0) is 9.53 Å². The van der Waals surface area contributed by atoms with Crippen LogP contribution in [0.5, 0.6) is 0 Å². The Morgan fingerprint density at radius 2 is 1.89 bits per heavy atom. The topological polar surface area (TPSA) is 50.4 Å². The van der Waals surface area contributed by atoms with Gasteiger partial charge in [-0.25, -0.2) is 0 Å². The van der Waals surface area contributed by atoms with Crippen LogP contribution in [0.15, 0.2) is 25.6 Å². The minimum Gasteiger partial charge on any atom is -0.383 e. The lowest BCUT2D eigenvalue weighted by atomic mass is 10.2. The van der Waals surface area contributed by atoms with Crippen LogP contribution < -0.4 is 10.6 Å². The number of benzene rings is 1. The van der Waals surface area contributed by atoms with Crippen LogP contribution in [0, 0.1) is 0 Å². The minimum atomic E-state index is -0.342. The van der Waals surface area contributed by atoms with Gasteiger partial charge in [-0.2, -0.15) is 0 Å². The molecule has 0 saturated carbocycles. The van der Waals surface area contributed by atoms with Gasteiger partial charge >= 0.3 is 0 Å². The monoisotopic (exact) mass is 456 g/mol. The first-order valence-electron chi connectivity index (χ1n) is 5.63. The molecule has 0 aliphatic carbocycles. The van der Waals surface area contributed by atoms with Gasteiger partial charge in [0.25, 0.3) is 0 Å². The Morgan fingerprint density at radius 3 is 2.42 bits per heavy atom. The van der Waals surface area contributed by atoms with Crippen LogP contribution in [0.1, 0.15) is 6.92 Å². The maximum Gasteiger partial charge on any atom is 0.242 e. The highest BCUT2D eigenvalue weighted by Gasteiger charge is 2.15. The van der Waals surface area contributed by atoms with Gasteiger partial charge in [-0.05, 0) is 50.9 Å². The van der Waals surface area contributed by atoms with E-state index >= 15 is 0 Å². The molecule has 0 saturated heterocycles. The number of anilines is 1. The molecule has 0 heterocycles. The molecule has 0 spiro atoms. The van der Waals surface area contributed by atoms with Crippen LogP contribution in [0.4, 0.5) is 5.69 Å². The fourth-order valence-electron chi connectivity index (χ4n) is 1.39. The number of carbonyl (C=O) groups is 1. The summed E-state index contributed by atoms with van der Waals surface area (Å²) in [5, 5.41) is 5.95. The third kappa shape index (κ3) is 5.41. The zero-order valence-corrected chi connectivity index (χ0v) is 15.4. The average Bonchev–Trinajstić information content (AvgIpc) is 2.33. The quantitative estimate of drug-likeness (QED) is 0.641. The lowest BCUT2D eigenvalue weighted by Gasteiger charge is -2.17. The molecular weight excluding hydrogens is 444 g/mol. The predicted octanol–water partition coefficient (Wildman–Crippen LogP) is 3.54. The third-order valence-corrected chi connectivity index (χ3v) is 4.08. The lowest BCUT2D eigenvalue weighted by Crippen LogP contribution is -2.39. The first kappa shape index (κ1) is 16.9. The van der Waals surface area contributed by atoms with Crippen LogP contribution in [-0.4, -0.2) is 32.2 Å². The summed E-state index contributed by atoms with van der Waals surface area (Å²) in [4.78, 5) is 11.8. The molecule has 0 fully saturated rings. The first-order chi connectivity index (χ1) is 8.95. The second-order valence-corrected chi connectivity index (χ2v) is 6.52. The summed E-state index contributed by atoms with van der Waals surface area (Å²) >= 11 is 10.3. The van der Waals surface area contributed by atoms with Gasteiger partial charge in [0.1, 0.15) is 6.04 Å². The number of halogens is 3. The van der Waals surface area contributed by atoms with Crippen LogP contribution in [0.2, 0.25) is 0 Å². The molecular formula is C12H15Br3N2O2. The average molecular weight is 459 g/mol. The van der Waals surface area contributed by atoms with E-state index in [2.05, 4.69) is 58.4 Å². The summed E-state index contributed by atoms with van der Waals surface area (Å²) in [7, 11) is 1.60. The van der Waals surface area contributed by atoms with Crippen molar-refractivity contribution in [3.63, 3.8) is 0 Å². The van der Waals surface area contributed by atoms with Crippen LogP contribution in [0.25, 0.3) is 0 Å². The van der Waals surface area contributed by atoms with Crippen molar-refractivity contribution in [1.29, 1.82) is 0 Å². The standard InChI is InChI=1S/C12H15Br3N2O2/c1-7(12(18)16-3-4-19-2)17-11-9(14)5-8(13)6-10(11)15/h5-7,17H,3-4H2,1-2H3,(H,16,18). The second-order valence-electron chi connectivity index (χ2n) is 3.89. The Labute approximate surface area is 138 Å². The summed E-state index contributed by atoms with van der Waals surface area (Å²) in [5.41, 5.74) is 0.845. The van der Waals surface area contributed by atoms with Crippen LogP contribution >= 0.6 is 47.8 Å². The summed E-state index contributed by atoms with van der Waals surface area (Å²) < 4.78 is 7.60. The van der Waals surface area contributed by atoms with Crippen molar-refractivity contribution in [3.05, 3.63) is 25.6 Å². The van der Waals surface area contributed by atoms with Gasteiger partial charge in [0.2, 0.25) is 5.91 Å². The number of methoxy groups -OCH3 is 1. The molecule has 0 radical (unpaired) electrons. The zero-order valence-electron chi connectivity index (χ0n) is 10.6. The van der Waals surface area contributed by atoms with Gasteiger partial charge in [-0.3, -0.25) is 4.79 Å². The molecule has 1 atom stereocenters. The maximum absolute atomic E-state index is 11.8. The molecule has 7 heteroatoms. The number of hydrogen-bond donors (Lipinski definition) is 2. The number of ether oxygens (including phenoxy) is 1. The Kier molecular flexibility index (Phi) is 7.35. The molecule has 1 amide bonds. The number of carbonyl (C=O) groups excluding carboxylic acids is 1. The van der Waals surface area contributed by atoms with E-state index in [-0.39, 0.29) is 11.9 Å². The van der Waals surface area contributed by atoms with Crippen molar-refractivity contribution >= 4 is 59.4 Å². The summed E-state index contributed by atoms with van der Waals surface area (Å²) in [6.45, 7) is 2.82.